The number of carbonyl (C=O) groups excluding carboxylic acids is 1. The second-order valence-corrected chi connectivity index (χ2v) is 5.63. The van der Waals surface area contributed by atoms with Gasteiger partial charge in [-0.1, -0.05) is 17.7 Å². The van der Waals surface area contributed by atoms with Gasteiger partial charge >= 0.3 is 0 Å². The first-order valence-electron chi connectivity index (χ1n) is 6.09. The lowest BCUT2D eigenvalue weighted by Gasteiger charge is -2.35. The number of hydrogen-bond donors (Lipinski definition) is 1. The van der Waals surface area contributed by atoms with Crippen molar-refractivity contribution in [3.05, 3.63) is 28.8 Å². The van der Waals surface area contributed by atoms with E-state index in [4.69, 9.17) is 11.6 Å². The number of nitrogens with one attached hydrogen (secondary N) is 1. The second kappa shape index (κ2) is 5.61. The number of benzene rings is 1. The van der Waals surface area contributed by atoms with E-state index in [1.165, 1.54) is 0 Å². The molecule has 4 heteroatoms. The Hall–Kier alpha value is -1.22. The van der Waals surface area contributed by atoms with E-state index in [2.05, 4.69) is 31.0 Å². The van der Waals surface area contributed by atoms with Crippen LogP contribution in [0.4, 0.5) is 5.69 Å². The zero-order valence-corrected chi connectivity index (χ0v) is 12.4. The Balaban J connectivity index is 3.28. The van der Waals surface area contributed by atoms with E-state index >= 15 is 0 Å². The maximum Gasteiger partial charge on any atom is 0.254 e. The minimum absolute atomic E-state index is 0.0775. The molecule has 0 atom stereocenters. The number of hydrogen-bond acceptors (Lipinski definition) is 2. The summed E-state index contributed by atoms with van der Waals surface area (Å²) in [6.45, 7) is 8.75. The SMILES string of the molecule is CCNC(=O)c1c(Cl)cccc1N(C)C(C)(C)C. The van der Waals surface area contributed by atoms with Crippen LogP contribution in [0.2, 0.25) is 5.02 Å². The Morgan fingerprint density at radius 1 is 1.39 bits per heavy atom. The van der Waals surface area contributed by atoms with Gasteiger partial charge in [0.1, 0.15) is 0 Å². The average molecular weight is 269 g/mol. The summed E-state index contributed by atoms with van der Waals surface area (Å²) in [5, 5.41) is 3.28. The molecule has 1 rings (SSSR count). The van der Waals surface area contributed by atoms with E-state index in [0.717, 1.165) is 5.69 Å². The minimum Gasteiger partial charge on any atom is -0.369 e. The predicted octanol–water partition coefficient (Wildman–Crippen LogP) is 3.32. The zero-order valence-electron chi connectivity index (χ0n) is 11.7. The topological polar surface area (TPSA) is 32.3 Å². The maximum atomic E-state index is 12.1. The number of rotatable bonds is 3. The fraction of sp³-hybridized carbons (Fsp3) is 0.500. The first-order valence-corrected chi connectivity index (χ1v) is 6.47. The molecule has 1 aromatic carbocycles. The Kier molecular flexibility index (Phi) is 4.63. The fourth-order valence-corrected chi connectivity index (χ4v) is 1.88. The molecule has 100 valence electrons. The summed E-state index contributed by atoms with van der Waals surface area (Å²) in [4.78, 5) is 14.2. The Morgan fingerprint density at radius 2 is 2.00 bits per heavy atom. The first kappa shape index (κ1) is 14.8. The third kappa shape index (κ3) is 3.16. The van der Waals surface area contributed by atoms with Crippen molar-refractivity contribution in [2.24, 2.45) is 0 Å². The van der Waals surface area contributed by atoms with E-state index in [9.17, 15) is 4.79 Å². The van der Waals surface area contributed by atoms with Crippen molar-refractivity contribution in [2.45, 2.75) is 33.2 Å². The van der Waals surface area contributed by atoms with Gasteiger partial charge in [-0.25, -0.2) is 0 Å². The van der Waals surface area contributed by atoms with E-state index in [-0.39, 0.29) is 11.4 Å². The molecular weight excluding hydrogens is 248 g/mol. The van der Waals surface area contributed by atoms with Crippen LogP contribution in [0.25, 0.3) is 0 Å². The van der Waals surface area contributed by atoms with Gasteiger partial charge in [-0.05, 0) is 39.8 Å². The number of halogens is 1. The first-order chi connectivity index (χ1) is 8.29. The smallest absolute Gasteiger partial charge is 0.254 e. The van der Waals surface area contributed by atoms with Crippen molar-refractivity contribution in [1.29, 1.82) is 0 Å². The van der Waals surface area contributed by atoms with Crippen molar-refractivity contribution in [2.75, 3.05) is 18.5 Å². The van der Waals surface area contributed by atoms with Crippen LogP contribution in [0.3, 0.4) is 0 Å². The van der Waals surface area contributed by atoms with Gasteiger partial charge in [-0.2, -0.15) is 0 Å². The highest BCUT2D eigenvalue weighted by Gasteiger charge is 2.23. The molecule has 1 amide bonds. The normalized spacial score (nSPS) is 11.2. The Morgan fingerprint density at radius 3 is 2.50 bits per heavy atom. The van der Waals surface area contributed by atoms with E-state index in [1.54, 1.807) is 6.07 Å². The van der Waals surface area contributed by atoms with Gasteiger partial charge in [-0.15, -0.1) is 0 Å². The van der Waals surface area contributed by atoms with Crippen molar-refractivity contribution < 1.29 is 4.79 Å². The molecule has 0 unspecified atom stereocenters. The van der Waals surface area contributed by atoms with Crippen LogP contribution < -0.4 is 10.2 Å². The van der Waals surface area contributed by atoms with E-state index in [0.29, 0.717) is 17.1 Å². The summed E-state index contributed by atoms with van der Waals surface area (Å²) >= 11 is 6.17. The Labute approximate surface area is 114 Å². The van der Waals surface area contributed by atoms with Gasteiger partial charge in [0, 0.05) is 19.1 Å². The van der Waals surface area contributed by atoms with Gasteiger partial charge in [0.15, 0.2) is 0 Å². The lowest BCUT2D eigenvalue weighted by molar-refractivity contribution is 0.0956. The Bertz CT molecular complexity index is 438. The molecule has 0 aliphatic rings. The largest absolute Gasteiger partial charge is 0.369 e. The third-order valence-electron chi connectivity index (χ3n) is 2.92. The average Bonchev–Trinajstić information content (AvgIpc) is 2.26. The summed E-state index contributed by atoms with van der Waals surface area (Å²) in [6.07, 6.45) is 0. The van der Waals surface area contributed by atoms with Gasteiger partial charge in [0.25, 0.3) is 5.91 Å². The molecule has 0 saturated carbocycles. The summed E-state index contributed by atoms with van der Waals surface area (Å²) in [6, 6.07) is 5.52. The van der Waals surface area contributed by atoms with Gasteiger partial charge < -0.3 is 10.2 Å². The van der Waals surface area contributed by atoms with Gasteiger partial charge in [-0.3, -0.25) is 4.79 Å². The fourth-order valence-electron chi connectivity index (χ4n) is 1.63. The van der Waals surface area contributed by atoms with Crippen LogP contribution in [-0.4, -0.2) is 25.0 Å². The molecular formula is C14H21ClN2O. The van der Waals surface area contributed by atoms with Crippen molar-refractivity contribution in [3.8, 4) is 0 Å². The molecule has 3 nitrogen and oxygen atoms in total. The maximum absolute atomic E-state index is 12.1. The van der Waals surface area contributed by atoms with Crippen LogP contribution in [0.15, 0.2) is 18.2 Å². The lowest BCUT2D eigenvalue weighted by Crippen LogP contribution is -2.39. The molecule has 0 aliphatic carbocycles. The van der Waals surface area contributed by atoms with Crippen molar-refractivity contribution in [3.63, 3.8) is 0 Å². The number of nitrogens with zero attached hydrogens (tertiary/aromatic N) is 1. The van der Waals surface area contributed by atoms with Crippen LogP contribution in [0, 0.1) is 0 Å². The number of anilines is 1. The van der Waals surface area contributed by atoms with Crippen molar-refractivity contribution >= 4 is 23.2 Å². The van der Waals surface area contributed by atoms with E-state index < -0.39 is 0 Å². The van der Waals surface area contributed by atoms with Gasteiger partial charge in [0.05, 0.1) is 16.3 Å². The molecule has 0 heterocycles. The third-order valence-corrected chi connectivity index (χ3v) is 3.24. The lowest BCUT2D eigenvalue weighted by atomic mass is 10.0. The highest BCUT2D eigenvalue weighted by molar-refractivity contribution is 6.34. The van der Waals surface area contributed by atoms with Crippen LogP contribution in [-0.2, 0) is 0 Å². The van der Waals surface area contributed by atoms with Crippen LogP contribution in [0.5, 0.6) is 0 Å². The summed E-state index contributed by atoms with van der Waals surface area (Å²) < 4.78 is 0. The highest BCUT2D eigenvalue weighted by atomic mass is 35.5. The van der Waals surface area contributed by atoms with E-state index in [1.807, 2.05) is 26.1 Å². The molecule has 1 aromatic rings. The molecule has 0 aliphatic heterocycles. The minimum atomic E-state index is -0.130. The molecule has 0 bridgehead atoms. The highest BCUT2D eigenvalue weighted by Crippen LogP contribution is 2.30. The van der Waals surface area contributed by atoms with Crippen molar-refractivity contribution in [1.82, 2.24) is 5.32 Å². The predicted molar refractivity (Wildman–Crippen MR) is 77.6 cm³/mol. The van der Waals surface area contributed by atoms with Crippen LogP contribution in [0.1, 0.15) is 38.1 Å². The molecule has 0 fully saturated rings. The molecule has 1 N–H and O–H groups in total. The standard InChI is InChI=1S/C14H21ClN2O/c1-6-16-13(18)12-10(15)8-7-9-11(12)17(5)14(2,3)4/h7-9H,6H2,1-5H3,(H,16,18). The quantitative estimate of drug-likeness (QED) is 0.912. The zero-order chi connectivity index (χ0) is 13.9. The number of amides is 1. The second-order valence-electron chi connectivity index (χ2n) is 5.22. The number of carbonyl (C=O) groups is 1. The van der Waals surface area contributed by atoms with Crippen LogP contribution >= 0.6 is 11.6 Å². The summed E-state index contributed by atoms with van der Waals surface area (Å²) in [5.74, 6) is -0.130. The summed E-state index contributed by atoms with van der Waals surface area (Å²) in [5.41, 5.74) is 1.31. The molecule has 0 aromatic heterocycles. The summed E-state index contributed by atoms with van der Waals surface area (Å²) in [7, 11) is 1.97. The molecule has 0 radical (unpaired) electrons. The molecule has 18 heavy (non-hydrogen) atoms. The molecule has 0 saturated heterocycles. The van der Waals surface area contributed by atoms with Gasteiger partial charge in [0.2, 0.25) is 0 Å². The molecule has 0 spiro atoms. The monoisotopic (exact) mass is 268 g/mol.